The zero-order valence-electron chi connectivity index (χ0n) is 14.2. The van der Waals surface area contributed by atoms with Gasteiger partial charge in [-0.1, -0.05) is 58.3 Å². The fourth-order valence-corrected chi connectivity index (χ4v) is 3.64. The van der Waals surface area contributed by atoms with Crippen molar-refractivity contribution < 1.29 is 4.74 Å². The summed E-state index contributed by atoms with van der Waals surface area (Å²) in [5, 5.41) is 3.80. The van der Waals surface area contributed by atoms with E-state index in [9.17, 15) is 0 Å². The van der Waals surface area contributed by atoms with Crippen LogP contribution in [0.15, 0.2) is 0 Å². The average Bonchev–Trinajstić information content (AvgIpc) is 2.44. The summed E-state index contributed by atoms with van der Waals surface area (Å²) in [7, 11) is 0. The Morgan fingerprint density at radius 1 is 0.762 bits per heavy atom. The summed E-state index contributed by atoms with van der Waals surface area (Å²) in [5.74, 6) is 0. The summed E-state index contributed by atoms with van der Waals surface area (Å²) < 4.78 is 6.48. The molecule has 0 radical (unpaired) electrons. The lowest BCUT2D eigenvalue weighted by Gasteiger charge is -2.35. The number of rotatable bonds is 5. The molecule has 0 bridgehead atoms. The van der Waals surface area contributed by atoms with E-state index in [2.05, 4.69) is 12.2 Å². The number of hydrogen-bond acceptors (Lipinski definition) is 2. The molecule has 2 heteroatoms. The Morgan fingerprint density at radius 3 is 1.95 bits per heavy atom. The molecular weight excluding hydrogens is 258 g/mol. The molecule has 2 nitrogen and oxygen atoms in total. The molecule has 2 saturated carbocycles. The van der Waals surface area contributed by atoms with Crippen molar-refractivity contribution in [3.05, 3.63) is 0 Å². The topological polar surface area (TPSA) is 21.3 Å². The van der Waals surface area contributed by atoms with Crippen LogP contribution in [0.4, 0.5) is 0 Å². The van der Waals surface area contributed by atoms with E-state index in [1.54, 1.807) is 0 Å². The minimum absolute atomic E-state index is 0.473. The largest absolute Gasteiger partial charge is 0.373 e. The predicted molar refractivity (Wildman–Crippen MR) is 90.8 cm³/mol. The maximum absolute atomic E-state index is 6.48. The van der Waals surface area contributed by atoms with Crippen LogP contribution in [-0.2, 0) is 4.74 Å². The second kappa shape index (κ2) is 10.6. The van der Waals surface area contributed by atoms with Crippen molar-refractivity contribution in [2.45, 2.75) is 115 Å². The molecule has 124 valence electrons. The number of hydrogen-bond donors (Lipinski definition) is 1. The fraction of sp³-hybridized carbons (Fsp3) is 1.00. The highest BCUT2D eigenvalue weighted by atomic mass is 16.5. The molecule has 21 heavy (non-hydrogen) atoms. The van der Waals surface area contributed by atoms with Gasteiger partial charge >= 0.3 is 0 Å². The van der Waals surface area contributed by atoms with E-state index in [1.165, 1.54) is 89.9 Å². The van der Waals surface area contributed by atoms with Gasteiger partial charge in [0.15, 0.2) is 0 Å². The average molecular weight is 296 g/mol. The Bertz CT molecular complexity index is 252. The lowest BCUT2D eigenvalue weighted by atomic mass is 9.93. The monoisotopic (exact) mass is 295 g/mol. The highest BCUT2D eigenvalue weighted by Gasteiger charge is 2.27. The van der Waals surface area contributed by atoms with Crippen LogP contribution in [0.2, 0.25) is 0 Å². The summed E-state index contributed by atoms with van der Waals surface area (Å²) in [6.07, 6.45) is 20.2. The van der Waals surface area contributed by atoms with Gasteiger partial charge in [0.1, 0.15) is 0 Å². The van der Waals surface area contributed by atoms with Gasteiger partial charge < -0.3 is 10.1 Å². The molecule has 0 saturated heterocycles. The molecule has 2 aliphatic carbocycles. The first-order chi connectivity index (χ1) is 10.4. The summed E-state index contributed by atoms with van der Waals surface area (Å²) in [6, 6.07) is 0.602. The second-order valence-electron chi connectivity index (χ2n) is 7.19. The molecule has 2 fully saturated rings. The molecule has 0 heterocycles. The third kappa shape index (κ3) is 6.69. The van der Waals surface area contributed by atoms with Gasteiger partial charge in [0.2, 0.25) is 0 Å². The molecule has 0 spiro atoms. The first-order valence-electron chi connectivity index (χ1n) is 9.79. The maximum atomic E-state index is 6.48. The first kappa shape index (κ1) is 17.3. The van der Waals surface area contributed by atoms with Crippen LogP contribution in [0.25, 0.3) is 0 Å². The van der Waals surface area contributed by atoms with E-state index < -0.39 is 0 Å². The van der Waals surface area contributed by atoms with Crippen molar-refractivity contribution in [3.8, 4) is 0 Å². The summed E-state index contributed by atoms with van der Waals surface area (Å²) in [6.45, 7) is 3.42. The zero-order valence-corrected chi connectivity index (χ0v) is 14.2. The maximum Gasteiger partial charge on any atom is 0.0731 e. The molecule has 0 aromatic carbocycles. The Morgan fingerprint density at radius 2 is 1.38 bits per heavy atom. The molecule has 1 N–H and O–H groups in total. The highest BCUT2D eigenvalue weighted by molar-refractivity contribution is 4.81. The Labute approximate surface area is 132 Å². The molecule has 2 aliphatic rings. The van der Waals surface area contributed by atoms with E-state index >= 15 is 0 Å². The molecule has 2 atom stereocenters. The normalized spacial score (nSPS) is 30.1. The quantitative estimate of drug-likeness (QED) is 0.752. The minimum Gasteiger partial charge on any atom is -0.373 e. The highest BCUT2D eigenvalue weighted by Crippen LogP contribution is 2.27. The van der Waals surface area contributed by atoms with Gasteiger partial charge in [0, 0.05) is 6.04 Å². The van der Waals surface area contributed by atoms with Crippen LogP contribution in [0.5, 0.6) is 0 Å². The number of ether oxygens (including phenoxy) is 1. The molecule has 0 aliphatic heterocycles. The van der Waals surface area contributed by atoms with Crippen molar-refractivity contribution in [3.63, 3.8) is 0 Å². The Hall–Kier alpha value is -0.0800. The van der Waals surface area contributed by atoms with Crippen molar-refractivity contribution in [2.24, 2.45) is 0 Å². The molecule has 0 amide bonds. The molecule has 2 rings (SSSR count). The van der Waals surface area contributed by atoms with Crippen LogP contribution in [0.3, 0.4) is 0 Å². The van der Waals surface area contributed by atoms with Gasteiger partial charge in [0.05, 0.1) is 12.2 Å². The van der Waals surface area contributed by atoms with Crippen LogP contribution in [0, 0.1) is 0 Å². The van der Waals surface area contributed by atoms with Crippen LogP contribution in [-0.4, -0.2) is 24.8 Å². The standard InChI is InChI=1S/C19H37NO/c1-2-16-20-18-14-9-7-5-3-4-6-8-10-15-19(18)21-17-12-11-13-17/h17-20H,2-16H2,1H3. The first-order valence-corrected chi connectivity index (χ1v) is 9.79. The van der Waals surface area contributed by atoms with Crippen molar-refractivity contribution in [1.82, 2.24) is 5.32 Å². The van der Waals surface area contributed by atoms with Crippen LogP contribution >= 0.6 is 0 Å². The van der Waals surface area contributed by atoms with Gasteiger partial charge in [-0.05, 0) is 45.1 Å². The summed E-state index contributed by atoms with van der Waals surface area (Å²) in [4.78, 5) is 0. The third-order valence-electron chi connectivity index (χ3n) is 5.28. The molecule has 0 aromatic heterocycles. The lowest BCUT2D eigenvalue weighted by molar-refractivity contribution is -0.0715. The van der Waals surface area contributed by atoms with Crippen molar-refractivity contribution >= 4 is 0 Å². The smallest absolute Gasteiger partial charge is 0.0731 e. The Balaban J connectivity index is 1.87. The van der Waals surface area contributed by atoms with E-state index in [1.807, 2.05) is 0 Å². The molecular formula is C19H37NO. The minimum atomic E-state index is 0.473. The van der Waals surface area contributed by atoms with E-state index in [0.29, 0.717) is 18.2 Å². The van der Waals surface area contributed by atoms with Gasteiger partial charge in [0.25, 0.3) is 0 Å². The van der Waals surface area contributed by atoms with Gasteiger partial charge in [-0.15, -0.1) is 0 Å². The number of nitrogens with one attached hydrogen (secondary N) is 1. The fourth-order valence-electron chi connectivity index (χ4n) is 3.64. The van der Waals surface area contributed by atoms with Gasteiger partial charge in [-0.2, -0.15) is 0 Å². The second-order valence-corrected chi connectivity index (χ2v) is 7.19. The van der Waals surface area contributed by atoms with Gasteiger partial charge in [-0.3, -0.25) is 0 Å². The molecule has 0 aromatic rings. The molecule has 2 unspecified atom stereocenters. The SMILES string of the molecule is CCCNC1CCCCCCCCCCC1OC1CCC1. The van der Waals surface area contributed by atoms with E-state index in [0.717, 1.165) is 6.54 Å². The zero-order chi connectivity index (χ0) is 14.8. The van der Waals surface area contributed by atoms with Crippen LogP contribution in [0.1, 0.15) is 96.8 Å². The van der Waals surface area contributed by atoms with Crippen LogP contribution < -0.4 is 5.32 Å². The van der Waals surface area contributed by atoms with Crippen molar-refractivity contribution in [2.75, 3.05) is 6.54 Å². The lowest BCUT2D eigenvalue weighted by Crippen LogP contribution is -2.44. The van der Waals surface area contributed by atoms with Crippen molar-refractivity contribution in [1.29, 1.82) is 0 Å². The van der Waals surface area contributed by atoms with E-state index in [-0.39, 0.29) is 0 Å². The predicted octanol–water partition coefficient (Wildman–Crippen LogP) is 5.21. The summed E-state index contributed by atoms with van der Waals surface area (Å²) >= 11 is 0. The summed E-state index contributed by atoms with van der Waals surface area (Å²) in [5.41, 5.74) is 0. The van der Waals surface area contributed by atoms with Gasteiger partial charge in [-0.25, -0.2) is 0 Å². The third-order valence-corrected chi connectivity index (χ3v) is 5.28. The Kier molecular flexibility index (Phi) is 8.73. The van der Waals surface area contributed by atoms with E-state index in [4.69, 9.17) is 4.74 Å².